The molecule has 1 aromatic carbocycles. The number of nitrogens with zero attached hydrogens (tertiary/aromatic N) is 4. The molecule has 150 valence electrons. The normalized spacial score (nSPS) is 15.8. The van der Waals surface area contributed by atoms with Gasteiger partial charge in [-0.15, -0.1) is 11.8 Å². The average Bonchev–Trinajstić information content (AvgIpc) is 3.00. The number of rotatable bonds is 5. The van der Waals surface area contributed by atoms with Crippen molar-refractivity contribution in [1.82, 2.24) is 14.5 Å². The maximum Gasteiger partial charge on any atom is 0.219 e. The molecule has 0 bridgehead atoms. The molecule has 28 heavy (non-hydrogen) atoms. The van der Waals surface area contributed by atoms with Gasteiger partial charge in [0.1, 0.15) is 5.82 Å². The highest BCUT2D eigenvalue weighted by Gasteiger charge is 2.27. The summed E-state index contributed by atoms with van der Waals surface area (Å²) in [5.41, 5.74) is 2.18. The Balaban J connectivity index is 1.85. The number of fused-ring (bicyclic) bond motifs is 1. The number of hydrogen-bond donors (Lipinski definition) is 0. The van der Waals surface area contributed by atoms with Gasteiger partial charge in [0.15, 0.2) is 0 Å². The monoisotopic (exact) mass is 398 g/mol. The summed E-state index contributed by atoms with van der Waals surface area (Å²) in [6.07, 6.45) is 2.65. The molecule has 2 aromatic rings. The number of amides is 1. The lowest BCUT2D eigenvalue weighted by molar-refractivity contribution is -0.130. The lowest BCUT2D eigenvalue weighted by Gasteiger charge is -2.32. The Kier molecular flexibility index (Phi) is 6.34. The largest absolute Gasteiger partial charge is 0.343 e. The van der Waals surface area contributed by atoms with Crippen LogP contribution < -0.4 is 0 Å². The number of carbonyl (C=O) groups is 1. The van der Waals surface area contributed by atoms with E-state index in [1.165, 1.54) is 10.4 Å². The van der Waals surface area contributed by atoms with E-state index in [4.69, 9.17) is 10.2 Å². The molecule has 0 N–H and O–H groups in total. The van der Waals surface area contributed by atoms with Crippen LogP contribution in [0.15, 0.2) is 23.1 Å². The fourth-order valence-corrected chi connectivity index (χ4v) is 4.65. The lowest BCUT2D eigenvalue weighted by atomic mass is 9.93. The van der Waals surface area contributed by atoms with E-state index in [0.717, 1.165) is 49.6 Å². The maximum atomic E-state index is 11.6. The van der Waals surface area contributed by atoms with E-state index in [0.29, 0.717) is 12.3 Å². The minimum atomic E-state index is -0.0345. The van der Waals surface area contributed by atoms with E-state index in [1.54, 1.807) is 18.7 Å². The molecule has 5 nitrogen and oxygen atoms in total. The number of imidazole rings is 1. The third-order valence-electron chi connectivity index (χ3n) is 5.37. The number of nitriles is 1. The third kappa shape index (κ3) is 4.70. The van der Waals surface area contributed by atoms with Crippen molar-refractivity contribution < 1.29 is 4.79 Å². The van der Waals surface area contributed by atoms with Gasteiger partial charge in [0.25, 0.3) is 0 Å². The molecule has 1 fully saturated rings. The molecule has 3 rings (SSSR count). The predicted octanol–water partition coefficient (Wildman–Crippen LogP) is 4.60. The van der Waals surface area contributed by atoms with Crippen molar-refractivity contribution in [2.45, 2.75) is 63.8 Å². The molecule has 0 radical (unpaired) electrons. The molecule has 0 spiro atoms. The fraction of sp³-hybridized carbons (Fsp3) is 0.591. The van der Waals surface area contributed by atoms with E-state index in [9.17, 15) is 4.79 Å². The maximum absolute atomic E-state index is 11.6. The van der Waals surface area contributed by atoms with Gasteiger partial charge in [0.05, 0.1) is 17.1 Å². The first kappa shape index (κ1) is 20.7. The van der Waals surface area contributed by atoms with Crippen molar-refractivity contribution >= 4 is 28.7 Å². The molecule has 1 aliphatic rings. The van der Waals surface area contributed by atoms with E-state index in [1.807, 2.05) is 4.90 Å². The second kappa shape index (κ2) is 8.57. The Morgan fingerprint density at radius 2 is 2.04 bits per heavy atom. The Labute approximate surface area is 172 Å². The zero-order valence-corrected chi connectivity index (χ0v) is 18.2. The zero-order valence-electron chi connectivity index (χ0n) is 17.4. The summed E-state index contributed by atoms with van der Waals surface area (Å²) in [6, 6.07) is 8.68. The van der Waals surface area contributed by atoms with Crippen LogP contribution in [0, 0.1) is 17.2 Å². The van der Waals surface area contributed by atoms with Gasteiger partial charge in [-0.25, -0.2) is 4.98 Å². The van der Waals surface area contributed by atoms with Crippen molar-refractivity contribution in [3.8, 4) is 6.07 Å². The number of likely N-dealkylation sites (tertiary alicyclic amines) is 1. The van der Waals surface area contributed by atoms with Gasteiger partial charge in [-0.3, -0.25) is 4.79 Å². The molecule has 2 heterocycles. The van der Waals surface area contributed by atoms with Crippen LogP contribution in [0.25, 0.3) is 11.0 Å². The Bertz CT molecular complexity index is 882. The Morgan fingerprint density at radius 3 is 2.64 bits per heavy atom. The van der Waals surface area contributed by atoms with Crippen molar-refractivity contribution in [2.24, 2.45) is 5.92 Å². The predicted molar refractivity (Wildman–Crippen MR) is 114 cm³/mol. The van der Waals surface area contributed by atoms with Gasteiger partial charge in [-0.1, -0.05) is 20.8 Å². The molecule has 1 aliphatic heterocycles. The molecule has 0 atom stereocenters. The van der Waals surface area contributed by atoms with E-state index in [-0.39, 0.29) is 11.3 Å². The van der Waals surface area contributed by atoms with Crippen LogP contribution in [0.4, 0.5) is 0 Å². The number of aromatic nitrogens is 2. The van der Waals surface area contributed by atoms with Crippen molar-refractivity contribution in [3.63, 3.8) is 0 Å². The Morgan fingerprint density at radius 1 is 1.32 bits per heavy atom. The zero-order chi connectivity index (χ0) is 20.3. The SMILES string of the molecule is CC(=O)N1CCC(Cn2c(C(C)(C)C)nc3cc(SCCC#N)ccc32)CC1. The van der Waals surface area contributed by atoms with Crippen molar-refractivity contribution in [1.29, 1.82) is 5.26 Å². The topological polar surface area (TPSA) is 61.9 Å². The smallest absolute Gasteiger partial charge is 0.219 e. The first-order chi connectivity index (χ1) is 13.3. The van der Waals surface area contributed by atoms with Crippen LogP contribution in [-0.4, -0.2) is 39.2 Å². The number of benzene rings is 1. The quantitative estimate of drug-likeness (QED) is 0.545. The fourth-order valence-electron chi connectivity index (χ4n) is 3.86. The highest BCUT2D eigenvalue weighted by molar-refractivity contribution is 7.99. The summed E-state index contributed by atoms with van der Waals surface area (Å²) in [4.78, 5) is 19.7. The highest BCUT2D eigenvalue weighted by atomic mass is 32.2. The van der Waals surface area contributed by atoms with Crippen molar-refractivity contribution in [3.05, 3.63) is 24.0 Å². The highest BCUT2D eigenvalue weighted by Crippen LogP contribution is 2.31. The van der Waals surface area contributed by atoms with Gasteiger partial charge in [0, 0.05) is 49.0 Å². The second-order valence-electron chi connectivity index (χ2n) is 8.65. The summed E-state index contributed by atoms with van der Waals surface area (Å²) < 4.78 is 2.40. The van der Waals surface area contributed by atoms with Gasteiger partial charge in [0.2, 0.25) is 5.91 Å². The third-order valence-corrected chi connectivity index (χ3v) is 6.37. The molecule has 0 aliphatic carbocycles. The summed E-state index contributed by atoms with van der Waals surface area (Å²) in [5.74, 6) is 2.68. The van der Waals surface area contributed by atoms with Crippen LogP contribution in [0.2, 0.25) is 0 Å². The molecule has 1 saturated heterocycles. The number of hydrogen-bond acceptors (Lipinski definition) is 4. The van der Waals surface area contributed by atoms with Gasteiger partial charge in [-0.2, -0.15) is 5.26 Å². The van der Waals surface area contributed by atoms with Gasteiger partial charge in [-0.05, 0) is 37.0 Å². The Hall–Kier alpha value is -2.00. The first-order valence-corrected chi connectivity index (χ1v) is 11.0. The van der Waals surface area contributed by atoms with Crippen LogP contribution in [0.5, 0.6) is 0 Å². The standard InChI is InChI=1S/C22H30N4OS/c1-16(27)25-11-8-17(9-12-25)15-26-20-7-6-18(28-13-5-10-23)14-19(20)24-21(26)22(2,3)4/h6-7,14,17H,5,8-9,11-13,15H2,1-4H3. The summed E-state index contributed by atoms with van der Waals surface area (Å²) in [5, 5.41) is 8.75. The summed E-state index contributed by atoms with van der Waals surface area (Å²) in [6.45, 7) is 11.0. The first-order valence-electron chi connectivity index (χ1n) is 10.1. The van der Waals surface area contributed by atoms with Crippen LogP contribution in [0.3, 0.4) is 0 Å². The van der Waals surface area contributed by atoms with Gasteiger partial charge >= 0.3 is 0 Å². The van der Waals surface area contributed by atoms with Crippen LogP contribution in [-0.2, 0) is 16.8 Å². The lowest BCUT2D eigenvalue weighted by Crippen LogP contribution is -2.38. The molecule has 0 unspecified atom stereocenters. The van der Waals surface area contributed by atoms with Crippen molar-refractivity contribution in [2.75, 3.05) is 18.8 Å². The molecular formula is C22H30N4OS. The number of carbonyl (C=O) groups excluding carboxylic acids is 1. The number of thioether (sulfide) groups is 1. The molecule has 6 heteroatoms. The van der Waals surface area contributed by atoms with Crippen LogP contribution in [0.1, 0.15) is 52.8 Å². The van der Waals surface area contributed by atoms with E-state index < -0.39 is 0 Å². The molecule has 1 amide bonds. The molecule has 1 aromatic heterocycles. The summed E-state index contributed by atoms with van der Waals surface area (Å²) in [7, 11) is 0. The van der Waals surface area contributed by atoms with E-state index in [2.05, 4.69) is 49.6 Å². The average molecular weight is 399 g/mol. The van der Waals surface area contributed by atoms with Gasteiger partial charge < -0.3 is 9.47 Å². The number of piperidine rings is 1. The minimum absolute atomic E-state index is 0.0345. The molecule has 0 saturated carbocycles. The van der Waals surface area contributed by atoms with Crippen LogP contribution >= 0.6 is 11.8 Å². The summed E-state index contributed by atoms with van der Waals surface area (Å²) >= 11 is 1.71. The minimum Gasteiger partial charge on any atom is -0.343 e. The van der Waals surface area contributed by atoms with E-state index >= 15 is 0 Å². The molecular weight excluding hydrogens is 368 g/mol. The second-order valence-corrected chi connectivity index (χ2v) is 9.82.